The maximum Gasteiger partial charge on any atom is 0.176 e. The summed E-state index contributed by atoms with van der Waals surface area (Å²) in [6.45, 7) is 0.569. The molecule has 110 valence electrons. The summed E-state index contributed by atoms with van der Waals surface area (Å²) in [6, 6.07) is 5.90. The Balaban J connectivity index is 1.67. The molecule has 1 saturated heterocycles. The van der Waals surface area contributed by atoms with Gasteiger partial charge in [-0.1, -0.05) is 24.3 Å². The van der Waals surface area contributed by atoms with Gasteiger partial charge < -0.3 is 18.6 Å². The number of hydrogen-bond acceptors (Lipinski definition) is 4. The fourth-order valence-corrected chi connectivity index (χ4v) is 3.19. The van der Waals surface area contributed by atoms with E-state index in [2.05, 4.69) is 12.2 Å². The first-order chi connectivity index (χ1) is 10.3. The molecule has 2 aromatic rings. The standard InChI is InChI=1S/C17H18O4/c1-18-14-7-5-6-12-13(10-19-16(12)14)15-11-20-17(21-15)8-3-2-4-9-17/h2-3,5-7,10,15H,4,8-9,11H2,1H3. The molecule has 2 atom stereocenters. The summed E-state index contributed by atoms with van der Waals surface area (Å²) in [7, 11) is 1.65. The first kappa shape index (κ1) is 12.9. The second-order valence-corrected chi connectivity index (χ2v) is 5.57. The van der Waals surface area contributed by atoms with Crippen LogP contribution >= 0.6 is 0 Å². The Hall–Kier alpha value is -1.78. The van der Waals surface area contributed by atoms with Crippen LogP contribution in [0.4, 0.5) is 0 Å². The van der Waals surface area contributed by atoms with Crippen LogP contribution in [0.2, 0.25) is 0 Å². The van der Waals surface area contributed by atoms with Gasteiger partial charge in [-0.3, -0.25) is 0 Å². The molecule has 4 rings (SSSR count). The molecule has 0 amide bonds. The van der Waals surface area contributed by atoms with Crippen LogP contribution in [0.1, 0.15) is 30.9 Å². The molecule has 1 aliphatic heterocycles. The van der Waals surface area contributed by atoms with Crippen LogP contribution in [0.15, 0.2) is 41.0 Å². The zero-order chi connectivity index (χ0) is 14.3. The molecule has 1 aliphatic carbocycles. The molecule has 0 bridgehead atoms. The van der Waals surface area contributed by atoms with Crippen molar-refractivity contribution in [1.82, 2.24) is 0 Å². The Bertz CT molecular complexity index is 687. The van der Waals surface area contributed by atoms with E-state index in [9.17, 15) is 0 Å². The summed E-state index contributed by atoms with van der Waals surface area (Å²) in [6.07, 6.45) is 8.75. The number of para-hydroxylation sites is 1. The van der Waals surface area contributed by atoms with Gasteiger partial charge in [0.25, 0.3) is 0 Å². The Morgan fingerprint density at radius 3 is 3.05 bits per heavy atom. The quantitative estimate of drug-likeness (QED) is 0.783. The number of furan rings is 1. The summed E-state index contributed by atoms with van der Waals surface area (Å²) in [4.78, 5) is 0. The van der Waals surface area contributed by atoms with Gasteiger partial charge in [0.15, 0.2) is 17.1 Å². The van der Waals surface area contributed by atoms with Crippen molar-refractivity contribution in [2.75, 3.05) is 13.7 Å². The lowest BCUT2D eigenvalue weighted by Crippen LogP contribution is -2.30. The van der Waals surface area contributed by atoms with Crippen LogP contribution < -0.4 is 4.74 Å². The third-order valence-electron chi connectivity index (χ3n) is 4.30. The summed E-state index contributed by atoms with van der Waals surface area (Å²) in [5.74, 6) is 0.301. The number of methoxy groups -OCH3 is 1. The molecule has 2 heterocycles. The van der Waals surface area contributed by atoms with Gasteiger partial charge >= 0.3 is 0 Å². The van der Waals surface area contributed by atoms with Crippen LogP contribution in [0.3, 0.4) is 0 Å². The fourth-order valence-electron chi connectivity index (χ4n) is 3.19. The number of hydrogen-bond donors (Lipinski definition) is 0. The second kappa shape index (κ2) is 4.90. The molecule has 1 aromatic heterocycles. The smallest absolute Gasteiger partial charge is 0.176 e. The molecular formula is C17H18O4. The number of benzene rings is 1. The average Bonchev–Trinajstić information content (AvgIpc) is 3.12. The highest BCUT2D eigenvalue weighted by atomic mass is 16.7. The monoisotopic (exact) mass is 286 g/mol. The lowest BCUT2D eigenvalue weighted by Gasteiger charge is -2.28. The minimum atomic E-state index is -0.443. The van der Waals surface area contributed by atoms with Gasteiger partial charge in [0.05, 0.1) is 20.0 Å². The minimum Gasteiger partial charge on any atom is -0.493 e. The van der Waals surface area contributed by atoms with E-state index in [0.29, 0.717) is 6.61 Å². The molecule has 0 radical (unpaired) electrons. The van der Waals surface area contributed by atoms with Gasteiger partial charge in [-0.25, -0.2) is 0 Å². The minimum absolute atomic E-state index is 0.0788. The summed E-state index contributed by atoms with van der Waals surface area (Å²) >= 11 is 0. The van der Waals surface area contributed by atoms with Crippen molar-refractivity contribution in [2.24, 2.45) is 0 Å². The predicted octanol–water partition coefficient (Wildman–Crippen LogP) is 3.97. The fraction of sp³-hybridized carbons (Fsp3) is 0.412. The van der Waals surface area contributed by atoms with Gasteiger partial charge in [0.2, 0.25) is 0 Å². The molecule has 0 saturated carbocycles. The van der Waals surface area contributed by atoms with Crippen LogP contribution in [0.25, 0.3) is 11.0 Å². The van der Waals surface area contributed by atoms with Crippen molar-refractivity contribution >= 4 is 11.0 Å². The third kappa shape index (κ3) is 2.06. The normalized spacial score (nSPS) is 28.5. The van der Waals surface area contributed by atoms with Gasteiger partial charge in [-0.2, -0.15) is 0 Å². The van der Waals surface area contributed by atoms with Gasteiger partial charge in [-0.05, 0) is 12.5 Å². The highest BCUT2D eigenvalue weighted by Crippen LogP contribution is 2.43. The Kier molecular flexibility index (Phi) is 3.01. The molecule has 0 N–H and O–H groups in total. The van der Waals surface area contributed by atoms with Crippen LogP contribution in [0, 0.1) is 0 Å². The van der Waals surface area contributed by atoms with Crippen LogP contribution in [-0.4, -0.2) is 19.5 Å². The van der Waals surface area contributed by atoms with Crippen LogP contribution in [0.5, 0.6) is 5.75 Å². The van der Waals surface area contributed by atoms with Gasteiger partial charge in [0, 0.05) is 23.8 Å². The Labute approximate surface area is 123 Å². The van der Waals surface area contributed by atoms with E-state index in [-0.39, 0.29) is 6.10 Å². The number of rotatable bonds is 2. The zero-order valence-corrected chi connectivity index (χ0v) is 12.0. The first-order valence-electron chi connectivity index (χ1n) is 7.32. The van der Waals surface area contributed by atoms with Gasteiger partial charge in [0.1, 0.15) is 6.10 Å². The summed E-state index contributed by atoms with van der Waals surface area (Å²) in [5.41, 5.74) is 1.80. The van der Waals surface area contributed by atoms with Crippen molar-refractivity contribution in [3.63, 3.8) is 0 Å². The van der Waals surface area contributed by atoms with Crippen molar-refractivity contribution < 1.29 is 18.6 Å². The third-order valence-corrected chi connectivity index (χ3v) is 4.30. The zero-order valence-electron chi connectivity index (χ0n) is 12.0. The maximum absolute atomic E-state index is 6.24. The Morgan fingerprint density at radius 1 is 1.29 bits per heavy atom. The molecule has 4 heteroatoms. The molecule has 1 fully saturated rings. The molecule has 1 aromatic carbocycles. The van der Waals surface area contributed by atoms with Gasteiger partial charge in [-0.15, -0.1) is 0 Å². The van der Waals surface area contributed by atoms with Crippen molar-refractivity contribution in [2.45, 2.75) is 31.2 Å². The average molecular weight is 286 g/mol. The highest BCUT2D eigenvalue weighted by Gasteiger charge is 2.42. The molecular weight excluding hydrogens is 268 g/mol. The summed E-state index contributed by atoms with van der Waals surface area (Å²) in [5, 5.41) is 1.03. The topological polar surface area (TPSA) is 40.8 Å². The molecule has 1 spiro atoms. The van der Waals surface area contributed by atoms with E-state index >= 15 is 0 Å². The first-order valence-corrected chi connectivity index (χ1v) is 7.32. The Morgan fingerprint density at radius 2 is 2.24 bits per heavy atom. The second-order valence-electron chi connectivity index (χ2n) is 5.57. The number of ether oxygens (including phenoxy) is 3. The van der Waals surface area contributed by atoms with E-state index < -0.39 is 5.79 Å². The van der Waals surface area contributed by atoms with E-state index in [0.717, 1.165) is 41.5 Å². The van der Waals surface area contributed by atoms with E-state index in [1.54, 1.807) is 13.4 Å². The molecule has 21 heavy (non-hydrogen) atoms. The van der Waals surface area contributed by atoms with E-state index in [4.69, 9.17) is 18.6 Å². The van der Waals surface area contributed by atoms with Crippen molar-refractivity contribution in [3.8, 4) is 5.75 Å². The number of allylic oxidation sites excluding steroid dienone is 1. The largest absolute Gasteiger partial charge is 0.493 e. The van der Waals surface area contributed by atoms with E-state index in [1.165, 1.54) is 0 Å². The highest BCUT2D eigenvalue weighted by molar-refractivity contribution is 5.86. The molecule has 2 aliphatic rings. The van der Waals surface area contributed by atoms with Crippen molar-refractivity contribution in [3.05, 3.63) is 42.2 Å². The lowest BCUT2D eigenvalue weighted by molar-refractivity contribution is -0.172. The summed E-state index contributed by atoms with van der Waals surface area (Å²) < 4.78 is 23.2. The van der Waals surface area contributed by atoms with Crippen molar-refractivity contribution in [1.29, 1.82) is 0 Å². The lowest BCUT2D eigenvalue weighted by atomic mass is 10.0. The molecule has 2 unspecified atom stereocenters. The predicted molar refractivity (Wildman–Crippen MR) is 78.3 cm³/mol. The maximum atomic E-state index is 6.24. The van der Waals surface area contributed by atoms with E-state index in [1.807, 2.05) is 18.2 Å². The van der Waals surface area contributed by atoms with Crippen LogP contribution in [-0.2, 0) is 9.47 Å². The number of fused-ring (bicyclic) bond motifs is 1. The SMILES string of the molecule is COc1cccc2c(C3COC4(CC=CCC4)O3)coc12. The molecule has 4 nitrogen and oxygen atoms in total.